The van der Waals surface area contributed by atoms with Crippen LogP contribution in [-0.2, 0) is 9.53 Å². The average molecular weight is 294 g/mol. The maximum atomic E-state index is 12.1. The third-order valence-corrected chi connectivity index (χ3v) is 2.90. The molecule has 0 saturated heterocycles. The second-order valence-corrected chi connectivity index (χ2v) is 4.78. The third kappa shape index (κ3) is 5.98. The maximum Gasteiger partial charge on any atom is 0.446 e. The minimum Gasteiger partial charge on any atom is -0.466 e. The lowest BCUT2D eigenvalue weighted by molar-refractivity contribution is -0.145. The topological polar surface area (TPSA) is 46.5 Å². The lowest BCUT2D eigenvalue weighted by Crippen LogP contribution is -2.10. The molecule has 19 heavy (non-hydrogen) atoms. The van der Waals surface area contributed by atoms with Crippen molar-refractivity contribution in [2.75, 3.05) is 6.61 Å². The number of hydrogen-bond acceptors (Lipinski definition) is 4. The molecular formula is C12H13F3O3S. The summed E-state index contributed by atoms with van der Waals surface area (Å²) in [5.74, 6) is -0.552. The molecule has 0 spiro atoms. The highest BCUT2D eigenvalue weighted by atomic mass is 32.2. The van der Waals surface area contributed by atoms with E-state index in [0.29, 0.717) is 5.56 Å². The molecule has 106 valence electrons. The smallest absolute Gasteiger partial charge is 0.446 e. The van der Waals surface area contributed by atoms with E-state index in [1.165, 1.54) is 24.3 Å². The molecule has 1 aromatic rings. The van der Waals surface area contributed by atoms with E-state index in [-0.39, 0.29) is 29.7 Å². The van der Waals surface area contributed by atoms with Gasteiger partial charge in [-0.05, 0) is 36.4 Å². The van der Waals surface area contributed by atoms with E-state index in [2.05, 4.69) is 4.74 Å². The van der Waals surface area contributed by atoms with Gasteiger partial charge in [-0.1, -0.05) is 12.1 Å². The zero-order valence-electron chi connectivity index (χ0n) is 10.1. The second kappa shape index (κ2) is 6.81. The van der Waals surface area contributed by atoms with Crippen LogP contribution in [-0.4, -0.2) is 23.2 Å². The predicted octanol–water partition coefficient (Wildman–Crippen LogP) is 3.29. The van der Waals surface area contributed by atoms with Gasteiger partial charge in [-0.3, -0.25) is 4.79 Å². The Morgan fingerprint density at radius 2 is 1.95 bits per heavy atom. The van der Waals surface area contributed by atoms with Crippen molar-refractivity contribution in [3.05, 3.63) is 29.8 Å². The first kappa shape index (κ1) is 15.8. The van der Waals surface area contributed by atoms with Crippen molar-refractivity contribution < 1.29 is 27.8 Å². The lowest BCUT2D eigenvalue weighted by atomic mass is 10.1. The van der Waals surface area contributed by atoms with Crippen LogP contribution >= 0.6 is 11.8 Å². The number of ether oxygens (including phenoxy) is 1. The molecule has 0 saturated carbocycles. The zero-order valence-corrected chi connectivity index (χ0v) is 10.9. The quantitative estimate of drug-likeness (QED) is 0.668. The number of rotatable bonds is 5. The molecular weight excluding hydrogens is 281 g/mol. The monoisotopic (exact) mass is 294 g/mol. The molecule has 1 rings (SSSR count). The van der Waals surface area contributed by atoms with E-state index >= 15 is 0 Å². The van der Waals surface area contributed by atoms with Crippen LogP contribution in [0.4, 0.5) is 13.2 Å². The number of benzene rings is 1. The fourth-order valence-corrected chi connectivity index (χ4v) is 1.93. The van der Waals surface area contributed by atoms with E-state index in [0.717, 1.165) is 0 Å². The summed E-state index contributed by atoms with van der Waals surface area (Å²) in [4.78, 5) is 11.2. The first-order valence-electron chi connectivity index (χ1n) is 5.51. The van der Waals surface area contributed by atoms with Gasteiger partial charge in [0.05, 0.1) is 19.1 Å². The molecule has 0 aliphatic rings. The van der Waals surface area contributed by atoms with Crippen molar-refractivity contribution >= 4 is 17.7 Å². The van der Waals surface area contributed by atoms with Gasteiger partial charge in [-0.2, -0.15) is 13.2 Å². The normalized spacial score (nSPS) is 13.1. The molecule has 0 aliphatic carbocycles. The fourth-order valence-electron chi connectivity index (χ4n) is 1.39. The van der Waals surface area contributed by atoms with Gasteiger partial charge >= 0.3 is 11.5 Å². The molecule has 0 fully saturated rings. The van der Waals surface area contributed by atoms with Gasteiger partial charge in [0.15, 0.2) is 0 Å². The SMILES string of the molecule is CCOC(=O)CC(O)c1ccc(SC(F)(F)F)cc1. The van der Waals surface area contributed by atoms with Gasteiger partial charge in [-0.25, -0.2) is 0 Å². The Labute approximate surface area is 112 Å². The number of aliphatic hydroxyl groups is 1. The lowest BCUT2D eigenvalue weighted by Gasteiger charge is -2.11. The van der Waals surface area contributed by atoms with Gasteiger partial charge in [-0.15, -0.1) is 0 Å². The Kier molecular flexibility index (Phi) is 5.68. The molecule has 0 radical (unpaired) electrons. The number of thioether (sulfide) groups is 1. The molecule has 1 unspecified atom stereocenters. The van der Waals surface area contributed by atoms with Crippen LogP contribution in [0.5, 0.6) is 0 Å². The van der Waals surface area contributed by atoms with Crippen LogP contribution in [0.25, 0.3) is 0 Å². The summed E-state index contributed by atoms with van der Waals surface area (Å²) in [6.07, 6.45) is -1.30. The minimum absolute atomic E-state index is 0.0274. The highest BCUT2D eigenvalue weighted by molar-refractivity contribution is 8.00. The Morgan fingerprint density at radius 1 is 1.37 bits per heavy atom. The van der Waals surface area contributed by atoms with E-state index in [4.69, 9.17) is 0 Å². The van der Waals surface area contributed by atoms with E-state index in [9.17, 15) is 23.1 Å². The number of carbonyl (C=O) groups excluding carboxylic acids is 1. The molecule has 1 N–H and O–H groups in total. The van der Waals surface area contributed by atoms with Gasteiger partial charge in [0.2, 0.25) is 0 Å². The van der Waals surface area contributed by atoms with Crippen molar-refractivity contribution in [1.82, 2.24) is 0 Å². The number of carbonyl (C=O) groups is 1. The first-order chi connectivity index (χ1) is 8.81. The summed E-state index contributed by atoms with van der Waals surface area (Å²) in [5, 5.41) is 9.71. The highest BCUT2D eigenvalue weighted by Crippen LogP contribution is 2.37. The summed E-state index contributed by atoms with van der Waals surface area (Å²) in [5.41, 5.74) is -3.97. The molecule has 1 atom stereocenters. The van der Waals surface area contributed by atoms with Crippen molar-refractivity contribution in [2.24, 2.45) is 0 Å². The molecule has 0 amide bonds. The molecule has 0 heterocycles. The van der Waals surface area contributed by atoms with Crippen LogP contribution in [0.1, 0.15) is 25.0 Å². The molecule has 3 nitrogen and oxygen atoms in total. The van der Waals surface area contributed by atoms with Gasteiger partial charge < -0.3 is 9.84 Å². The summed E-state index contributed by atoms with van der Waals surface area (Å²) >= 11 is -0.230. The second-order valence-electron chi connectivity index (χ2n) is 3.64. The maximum absolute atomic E-state index is 12.1. The van der Waals surface area contributed by atoms with E-state index in [1.54, 1.807) is 6.92 Å². The van der Waals surface area contributed by atoms with Crippen LogP contribution in [0, 0.1) is 0 Å². The molecule has 1 aromatic carbocycles. The number of aliphatic hydroxyl groups excluding tert-OH is 1. The standard InChI is InChI=1S/C12H13F3O3S/c1-2-18-11(17)7-10(16)8-3-5-9(6-4-8)19-12(13,14)15/h3-6,10,16H,2,7H2,1H3. The third-order valence-electron chi connectivity index (χ3n) is 2.16. The van der Waals surface area contributed by atoms with Crippen LogP contribution in [0.3, 0.4) is 0 Å². The van der Waals surface area contributed by atoms with Crippen molar-refractivity contribution in [1.29, 1.82) is 0 Å². The van der Waals surface area contributed by atoms with E-state index < -0.39 is 17.6 Å². The molecule has 7 heteroatoms. The Balaban J connectivity index is 2.63. The van der Waals surface area contributed by atoms with Gasteiger partial charge in [0, 0.05) is 4.90 Å². The summed E-state index contributed by atoms with van der Waals surface area (Å²) in [6, 6.07) is 5.22. The molecule has 0 bridgehead atoms. The van der Waals surface area contributed by atoms with Crippen molar-refractivity contribution in [3.63, 3.8) is 0 Å². The summed E-state index contributed by atoms with van der Waals surface area (Å²) in [7, 11) is 0. The average Bonchev–Trinajstić information content (AvgIpc) is 2.27. The minimum atomic E-state index is -4.34. The highest BCUT2D eigenvalue weighted by Gasteiger charge is 2.29. The summed E-state index contributed by atoms with van der Waals surface area (Å²) in [6.45, 7) is 1.86. The summed E-state index contributed by atoms with van der Waals surface area (Å²) < 4.78 is 41.0. The first-order valence-corrected chi connectivity index (χ1v) is 6.33. The fraction of sp³-hybridized carbons (Fsp3) is 0.417. The zero-order chi connectivity index (χ0) is 14.5. The van der Waals surface area contributed by atoms with Gasteiger partial charge in [0.25, 0.3) is 0 Å². The van der Waals surface area contributed by atoms with Crippen molar-refractivity contribution in [2.45, 2.75) is 29.9 Å². The van der Waals surface area contributed by atoms with Crippen LogP contribution in [0.2, 0.25) is 0 Å². The molecule has 0 aromatic heterocycles. The van der Waals surface area contributed by atoms with Crippen LogP contribution in [0.15, 0.2) is 29.2 Å². The Bertz CT molecular complexity index is 417. The van der Waals surface area contributed by atoms with Gasteiger partial charge in [0.1, 0.15) is 0 Å². The predicted molar refractivity (Wildman–Crippen MR) is 64.6 cm³/mol. The van der Waals surface area contributed by atoms with Crippen LogP contribution < -0.4 is 0 Å². The number of alkyl halides is 3. The Morgan fingerprint density at radius 3 is 2.42 bits per heavy atom. The van der Waals surface area contributed by atoms with E-state index in [1.807, 2.05) is 0 Å². The number of esters is 1. The Hall–Kier alpha value is -1.21. The number of halogens is 3. The molecule has 0 aliphatic heterocycles. The largest absolute Gasteiger partial charge is 0.466 e. The number of hydrogen-bond donors (Lipinski definition) is 1. The van der Waals surface area contributed by atoms with Crippen molar-refractivity contribution in [3.8, 4) is 0 Å².